The van der Waals surface area contributed by atoms with Gasteiger partial charge in [0, 0.05) is 5.02 Å². The Balaban J connectivity index is 2.36. The second kappa shape index (κ2) is 7.18. The molecule has 1 unspecified atom stereocenters. The summed E-state index contributed by atoms with van der Waals surface area (Å²) in [4.78, 5) is 0. The Labute approximate surface area is 145 Å². The van der Waals surface area contributed by atoms with Crippen LogP contribution in [0.1, 0.15) is 58.1 Å². The molecule has 0 radical (unpaired) electrons. The van der Waals surface area contributed by atoms with Gasteiger partial charge < -0.3 is 5.11 Å². The third kappa shape index (κ3) is 4.53. The first-order chi connectivity index (χ1) is 10.6. The van der Waals surface area contributed by atoms with Crippen molar-refractivity contribution in [2.24, 2.45) is 0 Å². The Morgan fingerprint density at radius 1 is 1.35 bits per heavy atom. The van der Waals surface area contributed by atoms with E-state index in [-0.39, 0.29) is 0 Å². The van der Waals surface area contributed by atoms with Gasteiger partial charge in [0.15, 0.2) is 0 Å². The molecule has 0 aromatic heterocycles. The second-order valence-electron chi connectivity index (χ2n) is 7.23. The summed E-state index contributed by atoms with van der Waals surface area (Å²) in [6, 6.07) is 6.62. The predicted molar refractivity (Wildman–Crippen MR) is 93.5 cm³/mol. The van der Waals surface area contributed by atoms with Crippen molar-refractivity contribution < 1.29 is 13.7 Å². The van der Waals surface area contributed by atoms with Crippen molar-refractivity contribution in [1.29, 1.82) is 0 Å². The van der Waals surface area contributed by atoms with Gasteiger partial charge in [0.05, 0.1) is 27.4 Å². The highest BCUT2D eigenvalue weighted by molar-refractivity contribution is 7.84. The van der Waals surface area contributed by atoms with Crippen molar-refractivity contribution in [1.82, 2.24) is 4.72 Å². The lowest BCUT2D eigenvalue weighted by Crippen LogP contribution is -2.49. The first-order valence-electron chi connectivity index (χ1n) is 7.92. The van der Waals surface area contributed by atoms with Crippen LogP contribution < -0.4 is 4.72 Å². The van der Waals surface area contributed by atoms with Gasteiger partial charge in [0.1, 0.15) is 6.17 Å². The molecule has 0 aliphatic heterocycles. The lowest BCUT2D eigenvalue weighted by molar-refractivity contribution is -0.0404. The highest BCUT2D eigenvalue weighted by Crippen LogP contribution is 2.41. The van der Waals surface area contributed by atoms with Crippen molar-refractivity contribution in [2.45, 2.75) is 69.0 Å². The van der Waals surface area contributed by atoms with Crippen LogP contribution in [0.2, 0.25) is 5.02 Å². The van der Waals surface area contributed by atoms with Gasteiger partial charge in [-0.05, 0) is 58.1 Å². The van der Waals surface area contributed by atoms with Crippen molar-refractivity contribution in [3.05, 3.63) is 34.9 Å². The van der Waals surface area contributed by atoms with Crippen LogP contribution in [0.3, 0.4) is 0 Å². The standard InChI is InChI=1S/C17H25ClFNO2S/c1-16(2,3)23(22)20-15(13-6-4-5-7-14(13)18)17(21)10-8-12(19)9-11-17/h4-7,12,15,20-21H,8-11H2,1-3H3/t12?,15-,17?,23?/m0/s1. The van der Waals surface area contributed by atoms with Crippen molar-refractivity contribution >= 4 is 22.6 Å². The van der Waals surface area contributed by atoms with E-state index in [4.69, 9.17) is 11.6 Å². The van der Waals surface area contributed by atoms with Crippen LogP contribution in [0.5, 0.6) is 0 Å². The zero-order chi connectivity index (χ0) is 17.3. The summed E-state index contributed by atoms with van der Waals surface area (Å²) in [5, 5.41) is 11.6. The number of benzene rings is 1. The average molecular weight is 362 g/mol. The smallest absolute Gasteiger partial charge is 0.100 e. The third-order valence-corrected chi connectivity index (χ3v) is 6.22. The zero-order valence-corrected chi connectivity index (χ0v) is 15.4. The molecule has 1 fully saturated rings. The molecule has 1 saturated carbocycles. The number of hydrogen-bond acceptors (Lipinski definition) is 2. The van der Waals surface area contributed by atoms with Crippen molar-refractivity contribution in [3.8, 4) is 0 Å². The van der Waals surface area contributed by atoms with E-state index < -0.39 is 33.5 Å². The fourth-order valence-electron chi connectivity index (χ4n) is 2.83. The Kier molecular flexibility index (Phi) is 5.88. The number of aliphatic hydroxyl groups is 1. The highest BCUT2D eigenvalue weighted by atomic mass is 35.5. The molecule has 1 aromatic rings. The van der Waals surface area contributed by atoms with E-state index in [1.165, 1.54) is 0 Å². The minimum atomic E-state index is -1.37. The molecule has 130 valence electrons. The highest BCUT2D eigenvalue weighted by Gasteiger charge is 2.43. The molecular weight excluding hydrogens is 337 g/mol. The normalized spacial score (nSPS) is 28.3. The van der Waals surface area contributed by atoms with E-state index in [9.17, 15) is 13.7 Å². The maximum atomic E-state index is 13.5. The van der Waals surface area contributed by atoms with Gasteiger partial charge in [-0.2, -0.15) is 0 Å². The topological polar surface area (TPSA) is 49.3 Å². The van der Waals surface area contributed by atoms with E-state index >= 15 is 0 Å². The first kappa shape index (κ1) is 18.8. The van der Waals surface area contributed by atoms with Crippen LogP contribution in [0.25, 0.3) is 0 Å². The molecule has 3 nitrogen and oxygen atoms in total. The van der Waals surface area contributed by atoms with Gasteiger partial charge in [-0.1, -0.05) is 29.8 Å². The lowest BCUT2D eigenvalue weighted by Gasteiger charge is -2.41. The van der Waals surface area contributed by atoms with Gasteiger partial charge in [-0.3, -0.25) is 0 Å². The number of halogens is 2. The van der Waals surface area contributed by atoms with Gasteiger partial charge in [0.2, 0.25) is 0 Å². The predicted octanol–water partition coefficient (Wildman–Crippen LogP) is 4.08. The van der Waals surface area contributed by atoms with E-state index in [0.29, 0.717) is 36.3 Å². The molecule has 2 N–H and O–H groups in total. The quantitative estimate of drug-likeness (QED) is 0.849. The molecule has 0 spiro atoms. The molecule has 23 heavy (non-hydrogen) atoms. The molecule has 0 amide bonds. The molecule has 1 aliphatic rings. The van der Waals surface area contributed by atoms with Crippen molar-refractivity contribution in [3.63, 3.8) is 0 Å². The monoisotopic (exact) mass is 361 g/mol. The van der Waals surface area contributed by atoms with Crippen LogP contribution in [-0.4, -0.2) is 25.8 Å². The second-order valence-corrected chi connectivity index (χ2v) is 9.64. The Morgan fingerprint density at radius 2 is 1.91 bits per heavy atom. The third-order valence-electron chi connectivity index (χ3n) is 4.32. The lowest BCUT2D eigenvalue weighted by atomic mass is 9.76. The molecular formula is C17H25ClFNO2S. The molecule has 6 heteroatoms. The molecule has 1 aliphatic carbocycles. The fraction of sp³-hybridized carbons (Fsp3) is 0.647. The molecule has 1 aromatic carbocycles. The molecule has 2 atom stereocenters. The van der Waals surface area contributed by atoms with Crippen LogP contribution >= 0.6 is 11.6 Å². The molecule has 0 heterocycles. The molecule has 0 bridgehead atoms. The molecule has 0 saturated heterocycles. The maximum absolute atomic E-state index is 13.5. The number of nitrogens with one attached hydrogen (secondary N) is 1. The van der Waals surface area contributed by atoms with E-state index in [0.717, 1.165) is 0 Å². The Morgan fingerprint density at radius 3 is 2.43 bits per heavy atom. The van der Waals surface area contributed by atoms with Crippen LogP contribution in [0, 0.1) is 0 Å². The fourth-order valence-corrected chi connectivity index (χ4v) is 3.99. The van der Waals surface area contributed by atoms with Crippen molar-refractivity contribution in [2.75, 3.05) is 0 Å². The van der Waals surface area contributed by atoms with Crippen LogP contribution in [-0.2, 0) is 11.0 Å². The minimum absolute atomic E-state index is 0.307. The summed E-state index contributed by atoms with van der Waals surface area (Å²) in [6.45, 7) is 5.59. The summed E-state index contributed by atoms with van der Waals surface area (Å²) in [7, 11) is -1.37. The molecule has 2 rings (SSSR count). The Bertz CT molecular complexity index is 568. The Hall–Kier alpha value is -0.490. The van der Waals surface area contributed by atoms with Gasteiger partial charge in [0.25, 0.3) is 0 Å². The SMILES string of the molecule is CC(C)(C)S(=O)N[C@@H](c1ccccc1Cl)C1(O)CCC(F)CC1. The summed E-state index contributed by atoms with van der Waals surface area (Å²) in [6.07, 6.45) is 0.370. The summed E-state index contributed by atoms with van der Waals surface area (Å²) in [5.41, 5.74) is -0.458. The zero-order valence-electron chi connectivity index (χ0n) is 13.8. The van der Waals surface area contributed by atoms with Gasteiger partial charge in [-0.15, -0.1) is 0 Å². The maximum Gasteiger partial charge on any atom is 0.100 e. The van der Waals surface area contributed by atoms with E-state index in [2.05, 4.69) is 4.72 Å². The number of alkyl halides is 1. The first-order valence-corrected chi connectivity index (χ1v) is 9.45. The van der Waals surface area contributed by atoms with Gasteiger partial charge >= 0.3 is 0 Å². The average Bonchev–Trinajstić information content (AvgIpc) is 2.48. The number of rotatable bonds is 4. The summed E-state index contributed by atoms with van der Waals surface area (Å²) < 4.78 is 28.7. The van der Waals surface area contributed by atoms with E-state index in [1.54, 1.807) is 6.07 Å². The minimum Gasteiger partial charge on any atom is -0.388 e. The van der Waals surface area contributed by atoms with Gasteiger partial charge in [-0.25, -0.2) is 13.3 Å². The largest absolute Gasteiger partial charge is 0.388 e. The summed E-state index contributed by atoms with van der Waals surface area (Å²) >= 11 is 6.30. The van der Waals surface area contributed by atoms with Crippen LogP contribution in [0.15, 0.2) is 24.3 Å². The summed E-state index contributed by atoms with van der Waals surface area (Å²) in [5.74, 6) is 0. The van der Waals surface area contributed by atoms with Crippen LogP contribution in [0.4, 0.5) is 4.39 Å². The number of hydrogen-bond donors (Lipinski definition) is 2. The van der Waals surface area contributed by atoms with E-state index in [1.807, 2.05) is 39.0 Å².